The number of hydrogen-bond acceptors (Lipinski definition) is 11. The van der Waals surface area contributed by atoms with Crippen LogP contribution < -0.4 is 20.3 Å². The van der Waals surface area contributed by atoms with E-state index in [1.165, 1.54) is 0 Å². The van der Waals surface area contributed by atoms with Crippen LogP contribution in [-0.4, -0.2) is 108 Å². The van der Waals surface area contributed by atoms with Gasteiger partial charge in [0.15, 0.2) is 0 Å². The van der Waals surface area contributed by atoms with Crippen molar-refractivity contribution in [1.29, 1.82) is 5.26 Å². The Hall–Kier alpha value is -5.36. The van der Waals surface area contributed by atoms with Crippen LogP contribution in [0.25, 0.3) is 0 Å². The molecule has 5 amide bonds. The number of anilines is 1. The van der Waals surface area contributed by atoms with E-state index >= 15 is 0 Å². The smallest absolute Gasteiger partial charge is 0.262 e. The fourth-order valence-corrected chi connectivity index (χ4v) is 9.72. The van der Waals surface area contributed by atoms with Crippen LogP contribution in [0.5, 0.6) is 5.75 Å². The quantitative estimate of drug-likeness (QED) is 0.153. The van der Waals surface area contributed by atoms with Crippen molar-refractivity contribution in [3.05, 3.63) is 87.6 Å². The zero-order valence-electron chi connectivity index (χ0n) is 34.6. The van der Waals surface area contributed by atoms with Crippen molar-refractivity contribution in [3.8, 4) is 11.8 Å². The molecule has 0 spiro atoms. The second-order valence-electron chi connectivity index (χ2n) is 17.2. The van der Waals surface area contributed by atoms with Crippen LogP contribution in [0.1, 0.15) is 102 Å². The molecule has 7 rings (SSSR count). The molecule has 1 saturated carbocycles. The van der Waals surface area contributed by atoms with Gasteiger partial charge in [-0.05, 0) is 61.6 Å². The van der Waals surface area contributed by atoms with E-state index in [4.69, 9.17) is 21.1 Å². The van der Waals surface area contributed by atoms with Crippen molar-refractivity contribution >= 4 is 47.0 Å². The Balaban J connectivity index is 0.785. The molecule has 15 heteroatoms. The number of nitrogens with one attached hydrogen (secondary N) is 2. The molecule has 4 heterocycles. The lowest BCUT2D eigenvalue weighted by atomic mass is 9.49. The molecular formula is C45H52ClN7O7. The monoisotopic (exact) mass is 837 g/mol. The van der Waals surface area contributed by atoms with Gasteiger partial charge in [0.05, 0.1) is 33.9 Å². The van der Waals surface area contributed by atoms with Crippen LogP contribution in [0.4, 0.5) is 5.82 Å². The number of carbonyl (C=O) groups is 5. The molecule has 3 aliphatic heterocycles. The zero-order valence-corrected chi connectivity index (χ0v) is 35.3. The molecule has 1 aliphatic carbocycles. The van der Waals surface area contributed by atoms with Crippen molar-refractivity contribution in [3.63, 3.8) is 0 Å². The number of nitrogens with zero attached hydrogens (tertiary/aromatic N) is 5. The van der Waals surface area contributed by atoms with Gasteiger partial charge in [0.2, 0.25) is 11.8 Å². The average Bonchev–Trinajstić information content (AvgIpc) is 3.48. The third kappa shape index (κ3) is 8.62. The summed E-state index contributed by atoms with van der Waals surface area (Å²) in [5.41, 5.74) is 1.62. The number of unbranched alkanes of at least 4 members (excludes halogenated alkanes) is 2. The summed E-state index contributed by atoms with van der Waals surface area (Å²) >= 11 is 6.24. The van der Waals surface area contributed by atoms with Gasteiger partial charge in [0, 0.05) is 74.9 Å². The maximum Gasteiger partial charge on any atom is 0.262 e. The third-order valence-corrected chi connectivity index (χ3v) is 12.8. The Morgan fingerprint density at radius 2 is 1.73 bits per heavy atom. The van der Waals surface area contributed by atoms with E-state index in [1.54, 1.807) is 36.5 Å². The van der Waals surface area contributed by atoms with E-state index in [0.29, 0.717) is 52.7 Å². The van der Waals surface area contributed by atoms with E-state index in [1.807, 2.05) is 18.2 Å². The number of halogens is 1. The second kappa shape index (κ2) is 17.7. The van der Waals surface area contributed by atoms with E-state index in [2.05, 4.69) is 59.2 Å². The molecule has 2 aromatic carbocycles. The summed E-state index contributed by atoms with van der Waals surface area (Å²) in [6, 6.07) is 15.0. The topological polar surface area (TPSA) is 174 Å². The van der Waals surface area contributed by atoms with Gasteiger partial charge in [0.1, 0.15) is 29.8 Å². The molecule has 316 valence electrons. The third-order valence-electron chi connectivity index (χ3n) is 12.5. The Labute approximate surface area is 355 Å². The Morgan fingerprint density at radius 3 is 2.42 bits per heavy atom. The number of aromatic nitrogens is 1. The standard InChI is InChI=1S/C45H52ClN7O7/c1-44(2)42(45(3,4)43(44)60-31-14-12-29(26-47)33(46)25-31)50-38(55)30-13-16-35(48-27-30)52-20-18-51(19-21-52)22-24-59-23-7-5-6-9-28-10-8-11-32-37(28)41(58)53(40(32)57)34-15-17-36(54)49-39(34)56/h8,10-14,16,25,27,34,42-43H,5-7,9,15,17-24H2,1-4H3,(H,50,55)(H,49,54,56)/t34-,42?,43?/m1/s1. The highest BCUT2D eigenvalue weighted by molar-refractivity contribution is 6.31. The molecule has 1 aromatic heterocycles. The SMILES string of the molecule is CC1(C)C(NC(=O)c2ccc(N3CCN(CCOCCCCCc4cccc5c4C(=O)N([C@@H]4CCC(=O)NC4=O)C5=O)CC3)nc2)C(C)(C)C1Oc1ccc(C#N)c(Cl)c1. The van der Waals surface area contributed by atoms with Gasteiger partial charge in [0.25, 0.3) is 17.7 Å². The maximum atomic E-state index is 13.4. The molecule has 3 aromatic rings. The van der Waals surface area contributed by atoms with Gasteiger partial charge >= 0.3 is 0 Å². The fraction of sp³-hybridized carbons (Fsp3) is 0.489. The summed E-state index contributed by atoms with van der Waals surface area (Å²) < 4.78 is 12.3. The molecule has 0 unspecified atom stereocenters. The van der Waals surface area contributed by atoms with E-state index in [0.717, 1.165) is 68.3 Å². The van der Waals surface area contributed by atoms with Crippen LogP contribution in [0.3, 0.4) is 0 Å². The van der Waals surface area contributed by atoms with Crippen molar-refractivity contribution in [2.75, 3.05) is 50.8 Å². The van der Waals surface area contributed by atoms with Crippen LogP contribution in [0.15, 0.2) is 54.7 Å². The van der Waals surface area contributed by atoms with Crippen LogP contribution in [-0.2, 0) is 20.7 Å². The summed E-state index contributed by atoms with van der Waals surface area (Å²) in [6.07, 6.45) is 4.90. The zero-order chi connectivity index (χ0) is 42.8. The van der Waals surface area contributed by atoms with Crippen molar-refractivity contribution < 1.29 is 33.4 Å². The summed E-state index contributed by atoms with van der Waals surface area (Å²) in [4.78, 5) is 74.1. The van der Waals surface area contributed by atoms with Gasteiger partial charge in [-0.15, -0.1) is 0 Å². The average molecular weight is 838 g/mol. The maximum absolute atomic E-state index is 13.4. The minimum atomic E-state index is -0.971. The first kappa shape index (κ1) is 42.8. The number of rotatable bonds is 15. The number of ether oxygens (including phenoxy) is 2. The highest BCUT2D eigenvalue weighted by atomic mass is 35.5. The molecule has 60 heavy (non-hydrogen) atoms. The van der Waals surface area contributed by atoms with Gasteiger partial charge in [-0.25, -0.2) is 4.98 Å². The van der Waals surface area contributed by atoms with Gasteiger partial charge < -0.3 is 19.7 Å². The molecular weight excluding hydrogens is 786 g/mol. The normalized spacial score (nSPS) is 22.2. The van der Waals surface area contributed by atoms with E-state index < -0.39 is 29.7 Å². The highest BCUT2D eigenvalue weighted by Gasteiger charge is 2.64. The molecule has 1 atom stereocenters. The van der Waals surface area contributed by atoms with Gasteiger partial charge in [-0.3, -0.25) is 39.1 Å². The van der Waals surface area contributed by atoms with Crippen LogP contribution in [0.2, 0.25) is 5.02 Å². The summed E-state index contributed by atoms with van der Waals surface area (Å²) in [6.45, 7) is 13.8. The van der Waals surface area contributed by atoms with Gasteiger partial charge in [-0.2, -0.15) is 5.26 Å². The lowest BCUT2D eigenvalue weighted by molar-refractivity contribution is -0.164. The fourth-order valence-electron chi connectivity index (χ4n) is 9.50. The first-order valence-electron chi connectivity index (χ1n) is 20.7. The van der Waals surface area contributed by atoms with Crippen LogP contribution >= 0.6 is 11.6 Å². The number of aryl methyl sites for hydroxylation is 1. The van der Waals surface area contributed by atoms with Crippen LogP contribution in [0, 0.1) is 22.2 Å². The number of nitriles is 1. The first-order valence-corrected chi connectivity index (χ1v) is 21.1. The predicted octanol–water partition coefficient (Wildman–Crippen LogP) is 5.17. The summed E-state index contributed by atoms with van der Waals surface area (Å²) in [5, 5.41) is 15.0. The van der Waals surface area contributed by atoms with Crippen molar-refractivity contribution in [2.24, 2.45) is 10.8 Å². The Kier molecular flexibility index (Phi) is 12.6. The largest absolute Gasteiger partial charge is 0.489 e. The number of pyridine rings is 1. The number of piperidine rings is 1. The summed E-state index contributed by atoms with van der Waals surface area (Å²) in [5.74, 6) is -0.712. The number of benzene rings is 2. The molecule has 3 fully saturated rings. The Bertz CT molecular complexity index is 2180. The van der Waals surface area contributed by atoms with E-state index in [-0.39, 0.29) is 41.7 Å². The number of fused-ring (bicyclic) bond motifs is 1. The molecule has 0 radical (unpaired) electrons. The summed E-state index contributed by atoms with van der Waals surface area (Å²) in [7, 11) is 0. The van der Waals surface area contributed by atoms with Gasteiger partial charge in [-0.1, -0.05) is 57.8 Å². The van der Waals surface area contributed by atoms with E-state index in [9.17, 15) is 29.2 Å². The number of imide groups is 2. The highest BCUT2D eigenvalue weighted by Crippen LogP contribution is 2.55. The second-order valence-corrected chi connectivity index (χ2v) is 17.7. The number of amides is 5. The molecule has 2 saturated heterocycles. The Morgan fingerprint density at radius 1 is 0.967 bits per heavy atom. The predicted molar refractivity (Wildman–Crippen MR) is 224 cm³/mol. The molecule has 2 N–H and O–H groups in total. The minimum absolute atomic E-state index is 0.0896. The lowest BCUT2D eigenvalue weighted by Gasteiger charge is -2.63. The minimum Gasteiger partial charge on any atom is -0.489 e. The van der Waals surface area contributed by atoms with Crippen molar-refractivity contribution in [1.82, 2.24) is 25.4 Å². The number of hydrogen-bond donors (Lipinski definition) is 2. The first-order chi connectivity index (χ1) is 28.7. The van der Waals surface area contributed by atoms with Crippen molar-refractivity contribution in [2.45, 2.75) is 84.4 Å². The molecule has 4 aliphatic rings. The number of piperazine rings is 1. The number of carbonyl (C=O) groups excluding carboxylic acids is 5. The molecule has 14 nitrogen and oxygen atoms in total. The lowest BCUT2D eigenvalue weighted by Crippen LogP contribution is -2.74. The molecule has 0 bridgehead atoms.